The number of carboxylic acid groups (broad SMARTS) is 1. The maximum absolute atomic E-state index is 14.2. The van der Waals surface area contributed by atoms with Gasteiger partial charge in [0.05, 0.1) is 25.9 Å². The van der Waals surface area contributed by atoms with Gasteiger partial charge in [-0.1, -0.05) is 0 Å². The summed E-state index contributed by atoms with van der Waals surface area (Å²) in [6.45, 7) is 2.14. The van der Waals surface area contributed by atoms with E-state index in [-0.39, 0.29) is 45.3 Å². The molecule has 2 rings (SSSR count). The first kappa shape index (κ1) is 22.8. The first-order valence-corrected chi connectivity index (χ1v) is 7.91. The normalized spacial score (nSPS) is 16.5. The Morgan fingerprint density at radius 2 is 2.04 bits per heavy atom. The van der Waals surface area contributed by atoms with Gasteiger partial charge in [0.25, 0.3) is 0 Å². The Morgan fingerprint density at radius 3 is 2.63 bits per heavy atom. The van der Waals surface area contributed by atoms with Gasteiger partial charge in [-0.2, -0.15) is 0 Å². The van der Waals surface area contributed by atoms with Crippen molar-refractivity contribution in [3.8, 4) is 0 Å². The Hall–Kier alpha value is -2.20. The van der Waals surface area contributed by atoms with Crippen molar-refractivity contribution >= 4 is 30.2 Å². The molecule has 0 aromatic heterocycles. The van der Waals surface area contributed by atoms with Crippen LogP contribution in [0.4, 0.5) is 23.7 Å². The second kappa shape index (κ2) is 9.65. The zero-order valence-electron chi connectivity index (χ0n) is 14.7. The number of hydrogen-bond acceptors (Lipinski definition) is 5. The molecule has 1 N–H and O–H groups in total. The van der Waals surface area contributed by atoms with Crippen LogP contribution >= 0.6 is 12.4 Å². The summed E-state index contributed by atoms with van der Waals surface area (Å²) in [5.74, 6) is -6.13. The van der Waals surface area contributed by atoms with Gasteiger partial charge in [0.2, 0.25) is 0 Å². The molecule has 0 aliphatic carbocycles. The largest absolute Gasteiger partial charge is 0.478 e. The van der Waals surface area contributed by atoms with Gasteiger partial charge in [0.15, 0.2) is 17.5 Å². The Labute approximate surface area is 160 Å². The minimum absolute atomic E-state index is 0. The number of hydrogen-bond donors (Lipinski definition) is 1. The Morgan fingerprint density at radius 1 is 1.37 bits per heavy atom. The van der Waals surface area contributed by atoms with Gasteiger partial charge >= 0.3 is 12.1 Å². The summed E-state index contributed by atoms with van der Waals surface area (Å²) in [5, 5.41) is 8.80. The lowest BCUT2D eigenvalue weighted by atomic mass is 10.1. The molecule has 1 aromatic rings. The molecule has 1 heterocycles. The lowest BCUT2D eigenvalue weighted by Gasteiger charge is -2.36. The van der Waals surface area contributed by atoms with E-state index in [1.54, 1.807) is 6.92 Å². The third-order valence-corrected chi connectivity index (χ3v) is 3.88. The van der Waals surface area contributed by atoms with E-state index in [1.807, 2.05) is 0 Å². The molecular formula is C16H20ClF3N2O5. The van der Waals surface area contributed by atoms with Crippen LogP contribution in [-0.2, 0) is 9.47 Å². The molecule has 1 unspecified atom stereocenters. The molecule has 0 saturated carbocycles. The standard InChI is InChI=1S/C16H19F3N2O5.ClH/c1-3-25-16(24)20(2)7-9-8-21(4-5-26-9)14-11(17)6-10(15(22)23)12(18)13(14)19;/h6,9H,3-5,7-8H2,1-2H3,(H,22,23);1H. The number of carbonyl (C=O) groups is 2. The molecule has 11 heteroatoms. The first-order valence-electron chi connectivity index (χ1n) is 7.91. The zero-order valence-corrected chi connectivity index (χ0v) is 15.5. The van der Waals surface area contributed by atoms with E-state index in [4.69, 9.17) is 14.6 Å². The van der Waals surface area contributed by atoms with Crippen molar-refractivity contribution in [2.45, 2.75) is 13.0 Å². The van der Waals surface area contributed by atoms with Crippen molar-refractivity contribution in [3.05, 3.63) is 29.1 Å². The quantitative estimate of drug-likeness (QED) is 0.749. The van der Waals surface area contributed by atoms with Crippen molar-refractivity contribution in [2.75, 3.05) is 44.8 Å². The topological polar surface area (TPSA) is 79.3 Å². The van der Waals surface area contributed by atoms with Gasteiger partial charge in [-0.05, 0) is 13.0 Å². The predicted molar refractivity (Wildman–Crippen MR) is 92.1 cm³/mol. The highest BCUT2D eigenvalue weighted by Gasteiger charge is 2.30. The third-order valence-electron chi connectivity index (χ3n) is 3.88. The highest BCUT2D eigenvalue weighted by molar-refractivity contribution is 5.88. The van der Waals surface area contributed by atoms with Crippen molar-refractivity contribution < 1.29 is 37.3 Å². The average molecular weight is 413 g/mol. The zero-order chi connectivity index (χ0) is 19.4. The van der Waals surface area contributed by atoms with E-state index in [9.17, 15) is 22.8 Å². The minimum atomic E-state index is -1.76. The van der Waals surface area contributed by atoms with E-state index in [0.717, 1.165) is 0 Å². The highest BCUT2D eigenvalue weighted by Crippen LogP contribution is 2.29. The van der Waals surface area contributed by atoms with Crippen LogP contribution in [0.2, 0.25) is 0 Å². The number of morpholine rings is 1. The van der Waals surface area contributed by atoms with Crippen molar-refractivity contribution in [3.63, 3.8) is 0 Å². The van der Waals surface area contributed by atoms with E-state index in [2.05, 4.69) is 0 Å². The van der Waals surface area contributed by atoms with Crippen molar-refractivity contribution in [1.82, 2.24) is 4.90 Å². The minimum Gasteiger partial charge on any atom is -0.478 e. The number of carboxylic acids is 1. The molecule has 1 fully saturated rings. The molecule has 27 heavy (non-hydrogen) atoms. The number of likely N-dealkylation sites (N-methyl/N-ethyl adjacent to an activating group) is 1. The third kappa shape index (κ3) is 5.16. The molecule has 1 saturated heterocycles. The molecule has 1 aliphatic rings. The fourth-order valence-corrected chi connectivity index (χ4v) is 2.68. The lowest BCUT2D eigenvalue weighted by Crippen LogP contribution is -2.48. The van der Waals surface area contributed by atoms with Crippen LogP contribution in [-0.4, -0.2) is 68.1 Å². The number of anilines is 1. The fraction of sp³-hybridized carbons (Fsp3) is 0.500. The average Bonchev–Trinajstić information content (AvgIpc) is 2.58. The summed E-state index contributed by atoms with van der Waals surface area (Å²) in [7, 11) is 1.49. The summed E-state index contributed by atoms with van der Waals surface area (Å²) in [6.07, 6.45) is -1.15. The number of carbonyl (C=O) groups excluding carboxylic acids is 1. The Bertz CT molecular complexity index is 707. The van der Waals surface area contributed by atoms with Crippen LogP contribution in [0.3, 0.4) is 0 Å². The Balaban J connectivity index is 0.00000364. The van der Waals surface area contributed by atoms with Crippen LogP contribution in [0.25, 0.3) is 0 Å². The van der Waals surface area contributed by atoms with E-state index in [1.165, 1.54) is 16.8 Å². The number of amides is 1. The lowest BCUT2D eigenvalue weighted by molar-refractivity contribution is 0.0178. The second-order valence-electron chi connectivity index (χ2n) is 5.71. The molecule has 1 atom stereocenters. The van der Waals surface area contributed by atoms with Crippen molar-refractivity contribution in [1.29, 1.82) is 0 Å². The van der Waals surface area contributed by atoms with E-state index >= 15 is 0 Å². The number of nitrogens with zero attached hydrogens (tertiary/aromatic N) is 2. The van der Waals surface area contributed by atoms with Crippen LogP contribution < -0.4 is 4.90 Å². The number of ether oxygens (including phenoxy) is 2. The van der Waals surface area contributed by atoms with Gasteiger partial charge in [0.1, 0.15) is 11.3 Å². The number of rotatable bonds is 5. The maximum Gasteiger partial charge on any atom is 0.409 e. The van der Waals surface area contributed by atoms with Crippen LogP contribution in [0, 0.1) is 17.5 Å². The predicted octanol–water partition coefficient (Wildman–Crippen LogP) is 2.52. The van der Waals surface area contributed by atoms with Gasteiger partial charge in [-0.25, -0.2) is 22.8 Å². The maximum atomic E-state index is 14.2. The van der Waals surface area contributed by atoms with Crippen LogP contribution in [0.1, 0.15) is 17.3 Å². The molecule has 7 nitrogen and oxygen atoms in total. The number of aromatic carboxylic acids is 1. The van der Waals surface area contributed by atoms with Gasteiger partial charge in [-0.15, -0.1) is 12.4 Å². The van der Waals surface area contributed by atoms with Gasteiger partial charge in [0, 0.05) is 20.1 Å². The van der Waals surface area contributed by atoms with E-state index in [0.29, 0.717) is 6.07 Å². The molecule has 152 valence electrons. The van der Waals surface area contributed by atoms with Gasteiger partial charge in [-0.3, -0.25) is 0 Å². The summed E-state index contributed by atoms with van der Waals surface area (Å²) in [4.78, 5) is 25.0. The molecule has 1 aromatic carbocycles. The summed E-state index contributed by atoms with van der Waals surface area (Å²) in [5.41, 5.74) is -1.73. The molecular weight excluding hydrogens is 393 g/mol. The Kier molecular flexibility index (Phi) is 8.17. The smallest absolute Gasteiger partial charge is 0.409 e. The number of halogens is 4. The summed E-state index contributed by atoms with van der Waals surface area (Å²) < 4.78 is 52.7. The SMILES string of the molecule is CCOC(=O)N(C)CC1CN(c2c(F)cc(C(=O)O)c(F)c2F)CCO1.Cl. The number of benzene rings is 1. The van der Waals surface area contributed by atoms with E-state index < -0.39 is 46.9 Å². The molecule has 0 radical (unpaired) electrons. The second-order valence-corrected chi connectivity index (χ2v) is 5.71. The van der Waals surface area contributed by atoms with Gasteiger partial charge < -0.3 is 24.4 Å². The highest BCUT2D eigenvalue weighted by atomic mass is 35.5. The monoisotopic (exact) mass is 412 g/mol. The van der Waals surface area contributed by atoms with Crippen molar-refractivity contribution in [2.24, 2.45) is 0 Å². The molecule has 1 amide bonds. The molecule has 0 bridgehead atoms. The fourth-order valence-electron chi connectivity index (χ4n) is 2.68. The van der Waals surface area contributed by atoms with Crippen LogP contribution in [0.15, 0.2) is 6.07 Å². The summed E-state index contributed by atoms with van der Waals surface area (Å²) in [6, 6.07) is 0.450. The summed E-state index contributed by atoms with van der Waals surface area (Å²) >= 11 is 0. The first-order chi connectivity index (χ1) is 12.3. The van der Waals surface area contributed by atoms with Crippen LogP contribution in [0.5, 0.6) is 0 Å². The molecule has 0 spiro atoms. The molecule has 1 aliphatic heterocycles.